The largest absolute Gasteiger partial charge is 0.496 e. The number of hydrogen-bond donors (Lipinski definition) is 1. The molecule has 0 spiro atoms. The highest BCUT2D eigenvalue weighted by Crippen LogP contribution is 2.37. The maximum absolute atomic E-state index is 13.6. The lowest BCUT2D eigenvalue weighted by molar-refractivity contribution is -0.136. The molecule has 2 aliphatic rings. The number of anilines is 1. The zero-order valence-corrected chi connectivity index (χ0v) is 20.5. The summed E-state index contributed by atoms with van der Waals surface area (Å²) >= 11 is 0. The van der Waals surface area contributed by atoms with Crippen molar-refractivity contribution in [2.24, 2.45) is 5.41 Å². The summed E-state index contributed by atoms with van der Waals surface area (Å²) in [6, 6.07) is 25.1. The number of carbonyl (C=O) groups excluding carboxylic acids is 1. The molecule has 0 aromatic heterocycles. The Morgan fingerprint density at radius 1 is 1.03 bits per heavy atom. The molecule has 35 heavy (non-hydrogen) atoms. The van der Waals surface area contributed by atoms with E-state index in [2.05, 4.69) is 64.8 Å². The number of benzene rings is 3. The SMILES string of the molecule is COc1ccccc1-c1cccc(CC2(C(=O)NCCN3CCc4ccccc43)CCOCC2)c1. The maximum Gasteiger partial charge on any atom is 0.226 e. The Labute approximate surface area is 208 Å². The Morgan fingerprint density at radius 2 is 1.83 bits per heavy atom. The number of para-hydroxylation sites is 2. The molecule has 0 unspecified atom stereocenters. The highest BCUT2D eigenvalue weighted by Gasteiger charge is 2.40. The van der Waals surface area contributed by atoms with Gasteiger partial charge < -0.3 is 19.7 Å². The lowest BCUT2D eigenvalue weighted by Crippen LogP contribution is -2.47. The van der Waals surface area contributed by atoms with Crippen LogP contribution in [0.5, 0.6) is 5.75 Å². The second-order valence-electron chi connectivity index (χ2n) is 9.59. The van der Waals surface area contributed by atoms with Crippen LogP contribution < -0.4 is 15.0 Å². The van der Waals surface area contributed by atoms with Crippen molar-refractivity contribution in [1.82, 2.24) is 5.32 Å². The highest BCUT2D eigenvalue weighted by molar-refractivity contribution is 5.83. The number of fused-ring (bicyclic) bond motifs is 1. The van der Waals surface area contributed by atoms with Gasteiger partial charge in [0.25, 0.3) is 0 Å². The molecule has 1 amide bonds. The summed E-state index contributed by atoms with van der Waals surface area (Å²) in [7, 11) is 1.70. The van der Waals surface area contributed by atoms with E-state index in [-0.39, 0.29) is 5.91 Å². The van der Waals surface area contributed by atoms with Crippen molar-refractivity contribution < 1.29 is 14.3 Å². The first kappa shape index (κ1) is 23.4. The van der Waals surface area contributed by atoms with Crippen LogP contribution in [0.1, 0.15) is 24.0 Å². The van der Waals surface area contributed by atoms with E-state index in [0.29, 0.717) is 26.2 Å². The first-order chi connectivity index (χ1) is 17.2. The third-order valence-corrected chi connectivity index (χ3v) is 7.47. The van der Waals surface area contributed by atoms with Gasteiger partial charge in [-0.25, -0.2) is 0 Å². The summed E-state index contributed by atoms with van der Waals surface area (Å²) in [6.07, 6.45) is 3.26. The van der Waals surface area contributed by atoms with Crippen LogP contribution >= 0.6 is 0 Å². The molecule has 3 aromatic carbocycles. The minimum Gasteiger partial charge on any atom is -0.496 e. The Kier molecular flexibility index (Phi) is 7.05. The van der Waals surface area contributed by atoms with E-state index >= 15 is 0 Å². The smallest absolute Gasteiger partial charge is 0.226 e. The molecule has 0 radical (unpaired) electrons. The number of nitrogens with zero attached hydrogens (tertiary/aromatic N) is 1. The molecule has 0 aliphatic carbocycles. The standard InChI is InChI=1S/C30H34N2O3/c1-34-28-12-5-3-10-26(28)25-9-6-7-23(21-25)22-30(14-19-35-20-15-30)29(33)31-16-18-32-17-13-24-8-2-4-11-27(24)32/h2-12,21H,13-20,22H2,1H3,(H,31,33). The predicted octanol–water partition coefficient (Wildman–Crippen LogP) is 4.88. The predicted molar refractivity (Wildman–Crippen MR) is 140 cm³/mol. The molecule has 0 atom stereocenters. The van der Waals surface area contributed by atoms with E-state index in [1.54, 1.807) is 7.11 Å². The van der Waals surface area contributed by atoms with Gasteiger partial charge in [-0.2, -0.15) is 0 Å². The molecular weight excluding hydrogens is 436 g/mol. The Balaban J connectivity index is 1.29. The fraction of sp³-hybridized carbons (Fsp3) is 0.367. The summed E-state index contributed by atoms with van der Waals surface area (Å²) in [5.74, 6) is 1.00. The van der Waals surface area contributed by atoms with Crippen molar-refractivity contribution >= 4 is 11.6 Å². The van der Waals surface area contributed by atoms with E-state index < -0.39 is 5.41 Å². The molecule has 0 bridgehead atoms. The molecule has 5 heteroatoms. The maximum atomic E-state index is 13.6. The van der Waals surface area contributed by atoms with Crippen molar-refractivity contribution in [1.29, 1.82) is 0 Å². The first-order valence-electron chi connectivity index (χ1n) is 12.6. The normalized spacial score (nSPS) is 16.5. The number of rotatable bonds is 8. The van der Waals surface area contributed by atoms with E-state index in [0.717, 1.165) is 49.2 Å². The van der Waals surface area contributed by atoms with Gasteiger partial charge in [0.05, 0.1) is 12.5 Å². The van der Waals surface area contributed by atoms with Crippen molar-refractivity contribution in [2.45, 2.75) is 25.7 Å². The highest BCUT2D eigenvalue weighted by atomic mass is 16.5. The second-order valence-corrected chi connectivity index (χ2v) is 9.59. The van der Waals surface area contributed by atoms with Gasteiger partial charge in [0.15, 0.2) is 0 Å². The van der Waals surface area contributed by atoms with Crippen LogP contribution in [0.15, 0.2) is 72.8 Å². The second kappa shape index (κ2) is 10.5. The zero-order chi connectivity index (χ0) is 24.1. The van der Waals surface area contributed by atoms with Gasteiger partial charge in [0.2, 0.25) is 5.91 Å². The lowest BCUT2D eigenvalue weighted by atomic mass is 9.74. The van der Waals surface area contributed by atoms with Gasteiger partial charge in [-0.1, -0.05) is 60.7 Å². The molecular formula is C30H34N2O3. The lowest BCUT2D eigenvalue weighted by Gasteiger charge is -2.36. The van der Waals surface area contributed by atoms with Gasteiger partial charge in [0.1, 0.15) is 5.75 Å². The van der Waals surface area contributed by atoms with E-state index in [1.807, 2.05) is 18.2 Å². The third kappa shape index (κ3) is 5.06. The average Bonchev–Trinajstić information content (AvgIpc) is 3.32. The molecule has 5 rings (SSSR count). The van der Waals surface area contributed by atoms with Gasteiger partial charge >= 0.3 is 0 Å². The molecule has 5 nitrogen and oxygen atoms in total. The van der Waals surface area contributed by atoms with Crippen molar-refractivity contribution in [2.75, 3.05) is 44.9 Å². The van der Waals surface area contributed by atoms with Crippen LogP contribution in [0.3, 0.4) is 0 Å². The number of ether oxygens (including phenoxy) is 2. The Bertz CT molecular complexity index is 1170. The van der Waals surface area contributed by atoms with Crippen molar-refractivity contribution in [3.8, 4) is 16.9 Å². The summed E-state index contributed by atoms with van der Waals surface area (Å²) in [6.45, 7) is 3.75. The average molecular weight is 471 g/mol. The van der Waals surface area contributed by atoms with E-state index in [4.69, 9.17) is 9.47 Å². The first-order valence-corrected chi connectivity index (χ1v) is 12.6. The quantitative estimate of drug-likeness (QED) is 0.510. The summed E-state index contributed by atoms with van der Waals surface area (Å²) in [5, 5.41) is 3.28. The third-order valence-electron chi connectivity index (χ3n) is 7.47. The summed E-state index contributed by atoms with van der Waals surface area (Å²) in [4.78, 5) is 16.0. The van der Waals surface area contributed by atoms with Crippen LogP contribution in [0.4, 0.5) is 5.69 Å². The number of amides is 1. The van der Waals surface area contributed by atoms with Crippen LogP contribution in [0.2, 0.25) is 0 Å². The monoisotopic (exact) mass is 470 g/mol. The van der Waals surface area contributed by atoms with Gasteiger partial charge in [0, 0.05) is 44.1 Å². The Morgan fingerprint density at radius 3 is 2.69 bits per heavy atom. The fourth-order valence-electron chi connectivity index (χ4n) is 5.50. The molecule has 3 aromatic rings. The van der Waals surface area contributed by atoms with Gasteiger partial charge in [-0.05, 0) is 54.5 Å². The van der Waals surface area contributed by atoms with Crippen LogP contribution in [0, 0.1) is 5.41 Å². The van der Waals surface area contributed by atoms with Gasteiger partial charge in [-0.15, -0.1) is 0 Å². The number of carbonyl (C=O) groups is 1. The van der Waals surface area contributed by atoms with Crippen molar-refractivity contribution in [3.63, 3.8) is 0 Å². The number of hydrogen-bond acceptors (Lipinski definition) is 4. The van der Waals surface area contributed by atoms with Crippen LogP contribution in [0.25, 0.3) is 11.1 Å². The number of methoxy groups -OCH3 is 1. The summed E-state index contributed by atoms with van der Waals surface area (Å²) < 4.78 is 11.2. The summed E-state index contributed by atoms with van der Waals surface area (Å²) in [5.41, 5.74) is 5.59. The molecule has 0 saturated carbocycles. The number of nitrogens with one attached hydrogen (secondary N) is 1. The van der Waals surface area contributed by atoms with E-state index in [9.17, 15) is 4.79 Å². The topological polar surface area (TPSA) is 50.8 Å². The minimum atomic E-state index is -0.444. The van der Waals surface area contributed by atoms with Crippen LogP contribution in [-0.2, 0) is 22.4 Å². The fourth-order valence-corrected chi connectivity index (χ4v) is 5.50. The molecule has 2 heterocycles. The molecule has 1 saturated heterocycles. The molecule has 1 N–H and O–H groups in total. The van der Waals surface area contributed by atoms with Crippen LogP contribution in [-0.4, -0.2) is 45.9 Å². The van der Waals surface area contributed by atoms with Gasteiger partial charge in [-0.3, -0.25) is 4.79 Å². The molecule has 1 fully saturated rings. The molecule has 2 aliphatic heterocycles. The Hall–Kier alpha value is -3.31. The zero-order valence-electron chi connectivity index (χ0n) is 20.5. The van der Waals surface area contributed by atoms with E-state index in [1.165, 1.54) is 16.8 Å². The molecule has 182 valence electrons. The minimum absolute atomic E-state index is 0.149. The van der Waals surface area contributed by atoms with Crippen molar-refractivity contribution in [3.05, 3.63) is 83.9 Å².